The van der Waals surface area contributed by atoms with Crippen molar-refractivity contribution in [1.29, 1.82) is 0 Å². The first kappa shape index (κ1) is 13.6. The minimum Gasteiger partial charge on any atom is -0.494 e. The normalized spacial score (nSPS) is 22.1. The quantitative estimate of drug-likeness (QED) is 0.829. The van der Waals surface area contributed by atoms with Gasteiger partial charge in [-0.05, 0) is 38.1 Å². The molecule has 1 aromatic rings. The van der Waals surface area contributed by atoms with E-state index >= 15 is 0 Å². The fraction of sp³-hybridized carbons (Fsp3) is 0.250. The van der Waals surface area contributed by atoms with Gasteiger partial charge in [0.05, 0.1) is 6.61 Å². The Morgan fingerprint density at radius 2 is 1.95 bits per heavy atom. The van der Waals surface area contributed by atoms with Crippen molar-refractivity contribution in [1.82, 2.24) is 5.09 Å². The van der Waals surface area contributed by atoms with Crippen LogP contribution < -0.4 is 14.3 Å². The predicted octanol–water partition coefficient (Wildman–Crippen LogP) is 2.44. The summed E-state index contributed by atoms with van der Waals surface area (Å²) in [4.78, 5) is 21.5. The molecule has 102 valence electrons. The molecule has 0 fully saturated rings. The first-order chi connectivity index (χ1) is 9.00. The summed E-state index contributed by atoms with van der Waals surface area (Å²) in [6.07, 6.45) is 1.30. The Morgan fingerprint density at radius 3 is 2.53 bits per heavy atom. The van der Waals surface area contributed by atoms with Crippen LogP contribution in [0.4, 0.5) is 0 Å². The largest absolute Gasteiger partial charge is 0.494 e. The second kappa shape index (κ2) is 5.47. The molecule has 1 unspecified atom stereocenters. The van der Waals surface area contributed by atoms with Crippen LogP contribution in [0.15, 0.2) is 40.8 Å². The SMILES string of the molecule is CCOc1ccc(OP2(O)=NC(=O)C=C(C)N2)cc1. The average molecular weight is 282 g/mol. The van der Waals surface area contributed by atoms with Crippen LogP contribution in [-0.2, 0) is 4.79 Å². The fourth-order valence-electron chi connectivity index (χ4n) is 1.59. The smallest absolute Gasteiger partial charge is 0.373 e. The van der Waals surface area contributed by atoms with Gasteiger partial charge in [-0.3, -0.25) is 4.79 Å². The molecular formula is C12H15N2O4P. The summed E-state index contributed by atoms with van der Waals surface area (Å²) in [6, 6.07) is 6.75. The Balaban J connectivity index is 2.14. The van der Waals surface area contributed by atoms with E-state index in [2.05, 4.69) is 9.83 Å². The van der Waals surface area contributed by atoms with E-state index in [1.165, 1.54) is 6.08 Å². The van der Waals surface area contributed by atoms with Crippen molar-refractivity contribution < 1.29 is 18.9 Å². The van der Waals surface area contributed by atoms with Crippen LogP contribution in [0.2, 0.25) is 0 Å². The lowest BCUT2D eigenvalue weighted by atomic mass is 10.3. The molecule has 1 aliphatic rings. The zero-order chi connectivity index (χ0) is 13.9. The highest BCUT2D eigenvalue weighted by atomic mass is 31.2. The Kier molecular flexibility index (Phi) is 3.93. The van der Waals surface area contributed by atoms with Crippen molar-refractivity contribution >= 4 is 13.6 Å². The lowest BCUT2D eigenvalue weighted by Gasteiger charge is -2.22. The highest BCUT2D eigenvalue weighted by Gasteiger charge is 2.24. The molecular weight excluding hydrogens is 267 g/mol. The van der Waals surface area contributed by atoms with E-state index in [0.717, 1.165) is 0 Å². The molecule has 6 nitrogen and oxygen atoms in total. The molecule has 1 heterocycles. The standard InChI is InChI=1S/C12H15N2O4P/c1-3-17-10-4-6-11(7-5-10)18-19(16)13-9(2)8-12(15)14-19/h4-8,16H,3H2,1-2H3,(H,13,15). The number of nitrogens with zero attached hydrogens (tertiary/aromatic N) is 1. The molecule has 1 amide bonds. The molecule has 19 heavy (non-hydrogen) atoms. The van der Waals surface area contributed by atoms with Gasteiger partial charge < -0.3 is 19.2 Å². The number of rotatable bonds is 4. The van der Waals surface area contributed by atoms with E-state index in [0.29, 0.717) is 23.8 Å². The van der Waals surface area contributed by atoms with E-state index in [9.17, 15) is 9.69 Å². The number of benzene rings is 1. The first-order valence-electron chi connectivity index (χ1n) is 5.79. The summed E-state index contributed by atoms with van der Waals surface area (Å²) in [5, 5.41) is 2.70. The second-order valence-corrected chi connectivity index (χ2v) is 5.61. The lowest BCUT2D eigenvalue weighted by Crippen LogP contribution is -2.18. The van der Waals surface area contributed by atoms with Gasteiger partial charge in [0.1, 0.15) is 11.5 Å². The van der Waals surface area contributed by atoms with Crippen molar-refractivity contribution in [3.05, 3.63) is 36.0 Å². The number of allylic oxidation sites excluding steroid dienone is 1. The molecule has 0 aromatic heterocycles. The van der Waals surface area contributed by atoms with E-state index in [4.69, 9.17) is 9.26 Å². The molecule has 1 aliphatic heterocycles. The summed E-state index contributed by atoms with van der Waals surface area (Å²) in [5.74, 6) is 0.622. The number of nitrogens with one attached hydrogen (secondary N) is 1. The van der Waals surface area contributed by atoms with Crippen molar-refractivity contribution in [2.75, 3.05) is 6.61 Å². The van der Waals surface area contributed by atoms with Crippen molar-refractivity contribution in [3.63, 3.8) is 0 Å². The zero-order valence-electron chi connectivity index (χ0n) is 10.7. The van der Waals surface area contributed by atoms with Crippen LogP contribution >= 0.6 is 7.66 Å². The third-order valence-electron chi connectivity index (χ3n) is 2.26. The minimum atomic E-state index is -3.31. The van der Waals surface area contributed by atoms with E-state index in [-0.39, 0.29) is 0 Å². The molecule has 2 N–H and O–H groups in total. The van der Waals surface area contributed by atoms with Crippen molar-refractivity contribution in [2.45, 2.75) is 13.8 Å². The third kappa shape index (κ3) is 3.59. The maximum Gasteiger partial charge on any atom is 0.373 e. The number of ether oxygens (including phenoxy) is 1. The van der Waals surface area contributed by atoms with E-state index in [1.54, 1.807) is 31.2 Å². The lowest BCUT2D eigenvalue weighted by molar-refractivity contribution is -0.113. The summed E-state index contributed by atoms with van der Waals surface area (Å²) < 4.78 is 14.3. The van der Waals surface area contributed by atoms with Gasteiger partial charge in [-0.15, -0.1) is 4.74 Å². The van der Waals surface area contributed by atoms with Gasteiger partial charge >= 0.3 is 7.66 Å². The first-order valence-corrected chi connectivity index (χ1v) is 7.40. The molecule has 7 heteroatoms. The summed E-state index contributed by atoms with van der Waals surface area (Å²) in [6.45, 7) is 4.13. The minimum absolute atomic E-state index is 0.415. The molecule has 0 radical (unpaired) electrons. The van der Waals surface area contributed by atoms with Gasteiger partial charge in [-0.1, -0.05) is 0 Å². The number of hydrogen-bond donors (Lipinski definition) is 2. The third-order valence-corrected chi connectivity index (χ3v) is 3.84. The topological polar surface area (TPSA) is 80.2 Å². The van der Waals surface area contributed by atoms with Gasteiger partial charge in [0.15, 0.2) is 0 Å². The van der Waals surface area contributed by atoms with E-state index in [1.807, 2.05) is 6.92 Å². The predicted molar refractivity (Wildman–Crippen MR) is 71.7 cm³/mol. The average Bonchev–Trinajstić information content (AvgIpc) is 2.29. The fourth-order valence-corrected chi connectivity index (χ4v) is 2.99. The van der Waals surface area contributed by atoms with Crippen LogP contribution in [0.3, 0.4) is 0 Å². The van der Waals surface area contributed by atoms with Gasteiger partial charge in [0, 0.05) is 11.8 Å². The monoisotopic (exact) mass is 282 g/mol. The number of hydrogen-bond acceptors (Lipinski definition) is 4. The molecule has 0 bridgehead atoms. The van der Waals surface area contributed by atoms with Crippen LogP contribution in [0.5, 0.6) is 11.5 Å². The molecule has 0 aliphatic carbocycles. The van der Waals surface area contributed by atoms with Crippen molar-refractivity contribution in [3.8, 4) is 11.5 Å². The maximum absolute atomic E-state index is 11.3. The Labute approximate surface area is 111 Å². The number of amides is 1. The summed E-state index contributed by atoms with van der Waals surface area (Å²) in [7, 11) is -3.31. The number of carbonyl (C=O) groups is 1. The van der Waals surface area contributed by atoms with Gasteiger partial charge in [0.2, 0.25) is 0 Å². The highest BCUT2D eigenvalue weighted by molar-refractivity contribution is 7.54. The molecule has 2 rings (SSSR count). The van der Waals surface area contributed by atoms with Gasteiger partial charge in [-0.2, -0.15) is 0 Å². The van der Waals surface area contributed by atoms with Gasteiger partial charge in [-0.25, -0.2) is 0 Å². The van der Waals surface area contributed by atoms with Crippen molar-refractivity contribution in [2.24, 2.45) is 4.74 Å². The number of carbonyl (C=O) groups excluding carboxylic acids is 1. The second-order valence-electron chi connectivity index (χ2n) is 3.92. The van der Waals surface area contributed by atoms with Gasteiger partial charge in [0.25, 0.3) is 5.91 Å². The Bertz CT molecular complexity index is 566. The zero-order valence-corrected chi connectivity index (χ0v) is 11.6. The summed E-state index contributed by atoms with van der Waals surface area (Å²) in [5.41, 5.74) is 0.529. The Hall–Kier alpha value is -1.78. The maximum atomic E-state index is 11.3. The molecule has 1 atom stereocenters. The van der Waals surface area contributed by atoms with Crippen LogP contribution in [0.25, 0.3) is 0 Å². The molecule has 0 saturated carbocycles. The van der Waals surface area contributed by atoms with Crippen LogP contribution in [-0.4, -0.2) is 17.4 Å². The molecule has 1 aromatic carbocycles. The highest BCUT2D eigenvalue weighted by Crippen LogP contribution is 2.45. The molecule has 0 saturated heterocycles. The van der Waals surface area contributed by atoms with Crippen LogP contribution in [0.1, 0.15) is 13.8 Å². The van der Waals surface area contributed by atoms with Crippen LogP contribution in [0, 0.1) is 0 Å². The van der Waals surface area contributed by atoms with E-state index < -0.39 is 13.6 Å². The Morgan fingerprint density at radius 1 is 1.32 bits per heavy atom. The molecule has 0 spiro atoms. The summed E-state index contributed by atoms with van der Waals surface area (Å²) >= 11 is 0.